The third-order valence-electron chi connectivity index (χ3n) is 2.54. The van der Waals surface area contributed by atoms with Crippen LogP contribution < -0.4 is 5.32 Å². The zero-order valence-electron chi connectivity index (χ0n) is 8.55. The Balaban J connectivity index is 2.04. The van der Waals surface area contributed by atoms with Crippen LogP contribution in [-0.4, -0.2) is 47.3 Å². The summed E-state index contributed by atoms with van der Waals surface area (Å²) in [5.74, 6) is 1.24. The second kappa shape index (κ2) is 3.90. The van der Waals surface area contributed by atoms with Gasteiger partial charge in [-0.15, -0.1) is 10.2 Å². The predicted octanol–water partition coefficient (Wildman–Crippen LogP) is -1.26. The minimum absolute atomic E-state index is 0.0355. The largest absolute Gasteiger partial charge is 0.321 e. The number of aromatic nitrogens is 3. The molecule has 0 spiro atoms. The lowest BCUT2D eigenvalue weighted by molar-refractivity contribution is 0.503. The zero-order chi connectivity index (χ0) is 10.9. The number of rotatable bonds is 2. The molecule has 0 aromatic carbocycles. The maximum atomic E-state index is 11.4. The Labute approximate surface area is 88.6 Å². The van der Waals surface area contributed by atoms with Crippen LogP contribution in [0.5, 0.6) is 0 Å². The van der Waals surface area contributed by atoms with Crippen molar-refractivity contribution in [3.05, 3.63) is 12.2 Å². The summed E-state index contributed by atoms with van der Waals surface area (Å²) in [7, 11) is -1.01. The second-order valence-electron chi connectivity index (χ2n) is 3.83. The van der Waals surface area contributed by atoms with Gasteiger partial charge in [0.05, 0.1) is 11.5 Å². The van der Waals surface area contributed by atoms with E-state index < -0.39 is 9.84 Å². The fraction of sp³-hybridized carbons (Fsp3) is 0.750. The van der Waals surface area contributed by atoms with Crippen LogP contribution in [0.2, 0.25) is 0 Å². The molecule has 1 aliphatic heterocycles. The lowest BCUT2D eigenvalue weighted by Gasteiger charge is -2.22. The van der Waals surface area contributed by atoms with Gasteiger partial charge in [-0.2, -0.15) is 0 Å². The minimum Gasteiger partial charge on any atom is -0.321 e. The van der Waals surface area contributed by atoms with Crippen LogP contribution in [0.3, 0.4) is 0 Å². The van der Waals surface area contributed by atoms with Crippen molar-refractivity contribution in [3.63, 3.8) is 0 Å². The minimum atomic E-state index is -2.87. The highest BCUT2D eigenvalue weighted by molar-refractivity contribution is 7.91. The smallest absolute Gasteiger partial charge is 0.153 e. The second-order valence-corrected chi connectivity index (χ2v) is 6.06. The van der Waals surface area contributed by atoms with Crippen LogP contribution in [0.25, 0.3) is 0 Å². The average Bonchev–Trinajstić information content (AvgIpc) is 2.50. The third-order valence-corrected chi connectivity index (χ3v) is 4.27. The van der Waals surface area contributed by atoms with Crippen LogP contribution in [0.4, 0.5) is 0 Å². The van der Waals surface area contributed by atoms with E-state index in [4.69, 9.17) is 0 Å². The first-order valence-corrected chi connectivity index (χ1v) is 6.66. The van der Waals surface area contributed by atoms with Crippen molar-refractivity contribution in [1.29, 1.82) is 0 Å². The maximum absolute atomic E-state index is 11.4. The van der Waals surface area contributed by atoms with Crippen LogP contribution in [0.15, 0.2) is 6.33 Å². The monoisotopic (exact) mass is 230 g/mol. The standard InChI is InChI=1S/C8H14N4O2S/c1-12-6-10-11-8(12)4-7-5-15(13,14)3-2-9-7/h6-7,9H,2-5H2,1H3. The number of aryl methyl sites for hydroxylation is 1. The van der Waals surface area contributed by atoms with Gasteiger partial charge in [0, 0.05) is 26.1 Å². The quantitative estimate of drug-likeness (QED) is 0.686. The molecule has 0 saturated carbocycles. The molecular formula is C8H14N4O2S. The molecule has 6 nitrogen and oxygen atoms in total. The van der Waals surface area contributed by atoms with Gasteiger partial charge in [0.1, 0.15) is 12.2 Å². The number of hydrogen-bond acceptors (Lipinski definition) is 5. The summed E-state index contributed by atoms with van der Waals surface area (Å²) >= 11 is 0. The van der Waals surface area contributed by atoms with Crippen LogP contribution in [0, 0.1) is 0 Å². The van der Waals surface area contributed by atoms with Crippen molar-refractivity contribution in [1.82, 2.24) is 20.1 Å². The molecule has 0 aliphatic carbocycles. The predicted molar refractivity (Wildman–Crippen MR) is 55.2 cm³/mol. The summed E-state index contributed by atoms with van der Waals surface area (Å²) in [5, 5.41) is 10.9. The maximum Gasteiger partial charge on any atom is 0.153 e. The van der Waals surface area contributed by atoms with E-state index in [1.165, 1.54) is 0 Å². The molecule has 1 saturated heterocycles. The SMILES string of the molecule is Cn1cnnc1CC1CS(=O)(=O)CCN1. The van der Waals surface area contributed by atoms with Gasteiger partial charge in [0.25, 0.3) is 0 Å². The van der Waals surface area contributed by atoms with E-state index in [-0.39, 0.29) is 17.5 Å². The van der Waals surface area contributed by atoms with Gasteiger partial charge < -0.3 is 9.88 Å². The van der Waals surface area contributed by atoms with Crippen molar-refractivity contribution < 1.29 is 8.42 Å². The lowest BCUT2D eigenvalue weighted by atomic mass is 10.2. The van der Waals surface area contributed by atoms with Crippen molar-refractivity contribution in [2.45, 2.75) is 12.5 Å². The van der Waals surface area contributed by atoms with Crippen LogP contribution >= 0.6 is 0 Å². The van der Waals surface area contributed by atoms with Gasteiger partial charge in [-0.3, -0.25) is 0 Å². The van der Waals surface area contributed by atoms with E-state index in [2.05, 4.69) is 15.5 Å². The number of nitrogens with one attached hydrogen (secondary N) is 1. The van der Waals surface area contributed by atoms with Crippen molar-refractivity contribution >= 4 is 9.84 Å². The Bertz CT molecular complexity index is 439. The van der Waals surface area contributed by atoms with Gasteiger partial charge in [0.2, 0.25) is 0 Å². The van der Waals surface area contributed by atoms with Crippen LogP contribution in [0.1, 0.15) is 5.82 Å². The molecule has 0 radical (unpaired) electrons. The summed E-state index contributed by atoms with van der Waals surface area (Å²) in [6, 6.07) is -0.0355. The van der Waals surface area contributed by atoms with E-state index in [1.54, 1.807) is 6.33 Å². The molecule has 1 unspecified atom stereocenters. The summed E-state index contributed by atoms with van der Waals surface area (Å²) in [5.41, 5.74) is 0. The molecule has 0 bridgehead atoms. The van der Waals surface area contributed by atoms with Gasteiger partial charge in [0.15, 0.2) is 9.84 Å². The number of hydrogen-bond donors (Lipinski definition) is 1. The normalized spacial score (nSPS) is 25.3. The molecule has 1 N–H and O–H groups in total. The van der Waals surface area contributed by atoms with E-state index in [9.17, 15) is 8.42 Å². The van der Waals surface area contributed by atoms with Gasteiger partial charge in [-0.1, -0.05) is 0 Å². The summed E-state index contributed by atoms with van der Waals surface area (Å²) in [6.45, 7) is 0.533. The van der Waals surface area contributed by atoms with Crippen molar-refractivity contribution in [2.75, 3.05) is 18.1 Å². The first kappa shape index (κ1) is 10.6. The molecule has 1 aromatic heterocycles. The Hall–Kier alpha value is -0.950. The molecule has 2 rings (SSSR count). The zero-order valence-corrected chi connectivity index (χ0v) is 9.37. The molecule has 15 heavy (non-hydrogen) atoms. The molecule has 7 heteroatoms. The molecule has 1 aliphatic rings. The lowest BCUT2D eigenvalue weighted by Crippen LogP contribution is -2.46. The highest BCUT2D eigenvalue weighted by Crippen LogP contribution is 2.06. The number of sulfone groups is 1. The Kier molecular flexibility index (Phi) is 2.74. The fourth-order valence-corrected chi connectivity index (χ4v) is 3.16. The molecular weight excluding hydrogens is 216 g/mol. The first-order valence-electron chi connectivity index (χ1n) is 4.83. The van der Waals surface area contributed by atoms with E-state index in [0.717, 1.165) is 5.82 Å². The molecule has 1 aromatic rings. The van der Waals surface area contributed by atoms with Gasteiger partial charge in [-0.25, -0.2) is 8.42 Å². The van der Waals surface area contributed by atoms with E-state index in [0.29, 0.717) is 13.0 Å². The van der Waals surface area contributed by atoms with E-state index >= 15 is 0 Å². The average molecular weight is 230 g/mol. The topological polar surface area (TPSA) is 76.9 Å². The molecule has 1 atom stereocenters. The van der Waals surface area contributed by atoms with E-state index in [1.807, 2.05) is 11.6 Å². The number of nitrogens with zero attached hydrogens (tertiary/aromatic N) is 3. The van der Waals surface area contributed by atoms with Gasteiger partial charge in [-0.05, 0) is 0 Å². The summed E-state index contributed by atoms with van der Waals surface area (Å²) in [4.78, 5) is 0. The van der Waals surface area contributed by atoms with Crippen molar-refractivity contribution in [2.24, 2.45) is 7.05 Å². The molecule has 2 heterocycles. The highest BCUT2D eigenvalue weighted by Gasteiger charge is 2.25. The van der Waals surface area contributed by atoms with Crippen LogP contribution in [-0.2, 0) is 23.3 Å². The Morgan fingerprint density at radius 1 is 1.67 bits per heavy atom. The summed E-state index contributed by atoms with van der Waals surface area (Å²) < 4.78 is 24.6. The molecule has 0 amide bonds. The molecule has 1 fully saturated rings. The first-order chi connectivity index (χ1) is 7.07. The van der Waals surface area contributed by atoms with Crippen molar-refractivity contribution in [3.8, 4) is 0 Å². The summed E-state index contributed by atoms with van der Waals surface area (Å²) in [6.07, 6.45) is 2.22. The Morgan fingerprint density at radius 3 is 3.07 bits per heavy atom. The highest BCUT2D eigenvalue weighted by atomic mass is 32.2. The molecule has 84 valence electrons. The third kappa shape index (κ3) is 2.54. The van der Waals surface area contributed by atoms with Gasteiger partial charge >= 0.3 is 0 Å². The fourth-order valence-electron chi connectivity index (χ4n) is 1.71. The Morgan fingerprint density at radius 2 is 2.47 bits per heavy atom.